The van der Waals surface area contributed by atoms with Crippen molar-refractivity contribution in [2.45, 2.75) is 73.2 Å². The Bertz CT molecular complexity index is 788. The Morgan fingerprint density at radius 2 is 1.79 bits per heavy atom. The van der Waals surface area contributed by atoms with Crippen LogP contribution in [0.1, 0.15) is 60.1 Å². The molecule has 0 bridgehead atoms. The van der Waals surface area contributed by atoms with E-state index in [2.05, 4.69) is 95.9 Å². The van der Waals surface area contributed by atoms with Crippen molar-refractivity contribution in [2.24, 2.45) is 0 Å². The summed E-state index contributed by atoms with van der Waals surface area (Å²) >= 11 is 4.66. The Hall–Kier alpha value is 0.0249. The molecule has 0 amide bonds. The maximum atomic E-state index is 6.11. The molecule has 2 aliphatic heterocycles. The number of hydrogen-bond acceptors (Lipinski definition) is 5. The molecule has 1 unspecified atom stereocenters. The zero-order valence-corrected chi connectivity index (χ0v) is 21.4. The quantitative estimate of drug-likeness (QED) is 0.282. The lowest BCUT2D eigenvalue weighted by molar-refractivity contribution is -0.0370. The van der Waals surface area contributed by atoms with Gasteiger partial charge in [0.25, 0.3) is 0 Å². The molecule has 0 saturated carbocycles. The molecule has 28 heavy (non-hydrogen) atoms. The van der Waals surface area contributed by atoms with Crippen molar-refractivity contribution >= 4 is 68.8 Å². The van der Waals surface area contributed by atoms with Gasteiger partial charge in [-0.1, -0.05) is 45.2 Å². The van der Waals surface area contributed by atoms with Gasteiger partial charge < -0.3 is 14.0 Å². The number of fused-ring (bicyclic) bond motifs is 1. The summed E-state index contributed by atoms with van der Waals surface area (Å²) in [7, 11) is -0.402. The highest BCUT2D eigenvalue weighted by molar-refractivity contribution is 14.2. The summed E-state index contributed by atoms with van der Waals surface area (Å²) in [6, 6.07) is 2.05. The van der Waals surface area contributed by atoms with Crippen LogP contribution in [0.25, 0.3) is 11.0 Å². The molecule has 2 saturated heterocycles. The number of ether oxygens (including phenoxy) is 1. The molecular weight excluding hydrogens is 583 g/mol. The van der Waals surface area contributed by atoms with Crippen molar-refractivity contribution in [2.75, 3.05) is 6.61 Å². The second kappa shape index (κ2) is 9.03. The number of nitrogens with zero attached hydrogens (tertiary/aromatic N) is 3. The lowest BCUT2D eigenvalue weighted by Gasteiger charge is -2.32. The van der Waals surface area contributed by atoms with E-state index in [1.54, 1.807) is 0 Å². The van der Waals surface area contributed by atoms with Gasteiger partial charge in [0, 0.05) is 23.7 Å². The normalized spacial score (nSPS) is 23.7. The maximum Gasteiger partial charge on any atom is 0.496 e. The molecule has 0 N–H and O–H groups in total. The zero-order valence-electron chi connectivity index (χ0n) is 17.1. The minimum absolute atomic E-state index is 0.00792. The largest absolute Gasteiger partial charge is 0.496 e. The van der Waals surface area contributed by atoms with E-state index in [1.165, 1.54) is 0 Å². The van der Waals surface area contributed by atoms with Gasteiger partial charge in [0.2, 0.25) is 0 Å². The fraction of sp³-hybridized carbons (Fsp3) is 0.684. The van der Waals surface area contributed by atoms with Gasteiger partial charge in [-0.05, 0) is 59.9 Å². The molecule has 2 aromatic heterocycles. The minimum atomic E-state index is -0.402. The van der Waals surface area contributed by atoms with Crippen LogP contribution in [0, 0.1) is 0 Å². The van der Waals surface area contributed by atoms with E-state index < -0.39 is 7.12 Å². The van der Waals surface area contributed by atoms with E-state index in [9.17, 15) is 0 Å². The number of alkyl halides is 2. The molecule has 0 radical (unpaired) electrons. The Balaban J connectivity index is 0.000000516. The summed E-state index contributed by atoms with van der Waals surface area (Å²) in [6.45, 7) is 11.1. The molecule has 2 aromatic rings. The topological polar surface area (TPSA) is 58.4 Å². The number of halogens is 2. The molecule has 154 valence electrons. The second-order valence-corrected chi connectivity index (χ2v) is 14.3. The van der Waals surface area contributed by atoms with Crippen LogP contribution in [0.3, 0.4) is 0 Å². The van der Waals surface area contributed by atoms with Gasteiger partial charge >= 0.3 is 7.12 Å². The van der Waals surface area contributed by atoms with Gasteiger partial charge in [0.15, 0.2) is 11.9 Å². The van der Waals surface area contributed by atoms with E-state index in [1.807, 2.05) is 17.1 Å². The minimum Gasteiger partial charge on any atom is -0.399 e. The molecule has 2 fully saturated rings. The molecular formula is C19H28BI2N3O3. The van der Waals surface area contributed by atoms with Crippen LogP contribution in [0.2, 0.25) is 0 Å². The number of aromatic nitrogens is 3. The molecule has 6 nitrogen and oxygen atoms in total. The van der Waals surface area contributed by atoms with Crippen LogP contribution in [0.5, 0.6) is 0 Å². The maximum absolute atomic E-state index is 6.11. The second-order valence-electron chi connectivity index (χ2n) is 8.20. The Morgan fingerprint density at radius 3 is 2.36 bits per heavy atom. The molecule has 4 rings (SSSR count). The van der Waals surface area contributed by atoms with E-state index >= 15 is 0 Å². The van der Waals surface area contributed by atoms with Crippen LogP contribution in [0.15, 0.2) is 18.5 Å². The predicted molar refractivity (Wildman–Crippen MR) is 130 cm³/mol. The molecule has 0 aromatic carbocycles. The summed E-state index contributed by atoms with van der Waals surface area (Å²) in [5.74, 6) is 0. The van der Waals surface area contributed by atoms with Gasteiger partial charge in [-0.2, -0.15) is 5.10 Å². The van der Waals surface area contributed by atoms with E-state index in [4.69, 9.17) is 14.0 Å². The summed E-state index contributed by atoms with van der Waals surface area (Å²) in [4.78, 5) is 4.62. The van der Waals surface area contributed by atoms with Crippen molar-refractivity contribution in [1.82, 2.24) is 14.8 Å². The highest BCUT2D eigenvalue weighted by Gasteiger charge is 2.51. The van der Waals surface area contributed by atoms with Crippen molar-refractivity contribution in [3.05, 3.63) is 18.5 Å². The van der Waals surface area contributed by atoms with Gasteiger partial charge in [-0.25, -0.2) is 9.67 Å². The van der Waals surface area contributed by atoms with Gasteiger partial charge in [-0.15, -0.1) is 0 Å². The Kier molecular flexibility index (Phi) is 7.32. The van der Waals surface area contributed by atoms with Crippen molar-refractivity contribution in [3.8, 4) is 0 Å². The van der Waals surface area contributed by atoms with Gasteiger partial charge in [0.05, 0.1) is 19.3 Å². The first-order valence-electron chi connectivity index (χ1n) is 9.69. The Labute approximate surface area is 194 Å². The standard InChI is InChI=1S/C17H24BN3O3.C2H4I2/c1-16(2)17(3,4)24-18(23-16)13-9-12-10-20-21(15(12)19-11-13)14-7-5-6-8-22-14;1-2(3)4/h9-11,14H,5-8H2,1-4H3;2H,1H3. The Morgan fingerprint density at radius 1 is 1.14 bits per heavy atom. The summed E-state index contributed by atoms with van der Waals surface area (Å²) < 4.78 is 20.7. The monoisotopic (exact) mass is 611 g/mol. The molecule has 9 heteroatoms. The van der Waals surface area contributed by atoms with Crippen molar-refractivity contribution < 1.29 is 14.0 Å². The first-order valence-corrected chi connectivity index (χ1v) is 12.2. The third-order valence-electron chi connectivity index (χ3n) is 5.41. The van der Waals surface area contributed by atoms with Crippen LogP contribution >= 0.6 is 45.2 Å². The zero-order chi connectivity index (χ0) is 20.5. The van der Waals surface area contributed by atoms with Crippen molar-refractivity contribution in [1.29, 1.82) is 0 Å². The van der Waals surface area contributed by atoms with Gasteiger partial charge in [-0.3, -0.25) is 0 Å². The number of rotatable bonds is 2. The molecule has 0 spiro atoms. The summed E-state index contributed by atoms with van der Waals surface area (Å²) in [6.07, 6.45) is 6.93. The third-order valence-corrected chi connectivity index (χ3v) is 5.41. The van der Waals surface area contributed by atoms with Gasteiger partial charge in [0.1, 0.15) is 0 Å². The van der Waals surface area contributed by atoms with Crippen LogP contribution < -0.4 is 5.46 Å². The lowest BCUT2D eigenvalue weighted by atomic mass is 9.80. The number of pyridine rings is 1. The van der Waals surface area contributed by atoms with E-state index in [0.29, 0.717) is 0 Å². The summed E-state index contributed by atoms with van der Waals surface area (Å²) in [5.41, 5.74) is 1.06. The van der Waals surface area contributed by atoms with Crippen molar-refractivity contribution in [3.63, 3.8) is 0 Å². The first-order chi connectivity index (χ1) is 13.1. The highest BCUT2D eigenvalue weighted by atomic mass is 127. The number of hydrogen-bond donors (Lipinski definition) is 0. The first kappa shape index (κ1) is 22.7. The lowest BCUT2D eigenvalue weighted by Crippen LogP contribution is -2.41. The van der Waals surface area contributed by atoms with Crippen LogP contribution in [0.4, 0.5) is 0 Å². The molecule has 4 heterocycles. The average Bonchev–Trinajstić information content (AvgIpc) is 3.12. The fourth-order valence-corrected chi connectivity index (χ4v) is 3.19. The molecule has 2 aliphatic rings. The molecule has 1 atom stereocenters. The third kappa shape index (κ3) is 5.01. The van der Waals surface area contributed by atoms with Crippen LogP contribution in [-0.4, -0.2) is 41.6 Å². The smallest absolute Gasteiger partial charge is 0.399 e. The van der Waals surface area contributed by atoms with E-state index in [-0.39, 0.29) is 17.4 Å². The SMILES string of the molecule is CC(I)I.CC1(C)OB(c2cnc3c(cnn3C3CCCCO3)c2)OC1(C)C. The molecule has 0 aliphatic carbocycles. The summed E-state index contributed by atoms with van der Waals surface area (Å²) in [5, 5.41) is 5.47. The predicted octanol–water partition coefficient (Wildman–Crippen LogP) is 4.63. The average molecular weight is 611 g/mol. The van der Waals surface area contributed by atoms with Crippen LogP contribution in [-0.2, 0) is 14.0 Å². The highest BCUT2D eigenvalue weighted by Crippen LogP contribution is 2.36. The fourth-order valence-electron chi connectivity index (χ4n) is 3.19. The van der Waals surface area contributed by atoms with E-state index in [0.717, 1.165) is 44.3 Å².